The summed E-state index contributed by atoms with van der Waals surface area (Å²) in [5, 5.41) is 0.682. The van der Waals surface area contributed by atoms with E-state index < -0.39 is 0 Å². The fraction of sp³-hybridized carbons (Fsp3) is 0.250. The van der Waals surface area contributed by atoms with Crippen LogP contribution in [0.3, 0.4) is 0 Å². The summed E-state index contributed by atoms with van der Waals surface area (Å²) in [5.74, 6) is 0. The zero-order valence-electron chi connectivity index (χ0n) is 14.5. The zero-order chi connectivity index (χ0) is 17.7. The Morgan fingerprint density at radius 1 is 1.15 bits per heavy atom. The van der Waals surface area contributed by atoms with Crippen LogP contribution < -0.4 is 10.5 Å². The van der Waals surface area contributed by atoms with Gasteiger partial charge in [0.05, 0.1) is 21.6 Å². The zero-order valence-corrected chi connectivity index (χ0v) is 15.3. The molecule has 0 N–H and O–H groups in total. The summed E-state index contributed by atoms with van der Waals surface area (Å²) < 4.78 is 5.93. The minimum Gasteiger partial charge on any atom is -0.369 e. The number of anilines is 1. The first-order chi connectivity index (χ1) is 12.8. The molecular formula is C20H18N4OS. The predicted molar refractivity (Wildman–Crippen MR) is 106 cm³/mol. The van der Waals surface area contributed by atoms with E-state index in [2.05, 4.69) is 28.3 Å². The second-order valence-corrected chi connectivity index (χ2v) is 7.41. The molecule has 6 heteroatoms. The maximum atomic E-state index is 13.3. The van der Waals surface area contributed by atoms with E-state index in [1.807, 2.05) is 18.2 Å². The summed E-state index contributed by atoms with van der Waals surface area (Å²) in [4.78, 5) is 21.3. The third-order valence-corrected chi connectivity index (χ3v) is 6.00. The number of benzene rings is 1. The van der Waals surface area contributed by atoms with Crippen LogP contribution in [-0.4, -0.2) is 27.0 Å². The second-order valence-electron chi connectivity index (χ2n) is 6.61. The largest absolute Gasteiger partial charge is 0.369 e. The summed E-state index contributed by atoms with van der Waals surface area (Å²) in [5.41, 5.74) is 5.04. The molecule has 1 aliphatic carbocycles. The van der Waals surface area contributed by atoms with Crippen molar-refractivity contribution in [3.05, 3.63) is 58.8 Å². The highest BCUT2D eigenvalue weighted by atomic mass is 32.1. The summed E-state index contributed by atoms with van der Waals surface area (Å²) >= 11 is 1.37. The highest BCUT2D eigenvalue weighted by Gasteiger charge is 2.29. The first kappa shape index (κ1) is 15.5. The molecule has 5 nitrogen and oxygen atoms in total. The van der Waals surface area contributed by atoms with E-state index in [0.29, 0.717) is 5.39 Å². The van der Waals surface area contributed by atoms with Crippen molar-refractivity contribution in [1.29, 1.82) is 0 Å². The van der Waals surface area contributed by atoms with Crippen LogP contribution >= 0.6 is 11.5 Å². The van der Waals surface area contributed by atoms with Crippen molar-refractivity contribution in [2.75, 3.05) is 18.0 Å². The molecule has 2 aromatic rings. The van der Waals surface area contributed by atoms with E-state index >= 15 is 0 Å². The Labute approximate surface area is 155 Å². The molecule has 3 aliphatic rings. The van der Waals surface area contributed by atoms with Gasteiger partial charge in [0.15, 0.2) is 0 Å². The molecule has 1 saturated heterocycles. The molecule has 1 aromatic heterocycles. The first-order valence-electron chi connectivity index (χ1n) is 8.90. The van der Waals surface area contributed by atoms with Crippen LogP contribution in [0.25, 0.3) is 27.0 Å². The monoisotopic (exact) mass is 362 g/mol. The van der Waals surface area contributed by atoms with Crippen molar-refractivity contribution in [2.24, 2.45) is 0 Å². The van der Waals surface area contributed by atoms with E-state index in [9.17, 15) is 4.79 Å². The highest BCUT2D eigenvalue weighted by Crippen LogP contribution is 2.45. The number of hydrogen-bond acceptors (Lipinski definition) is 5. The molecule has 2 aliphatic heterocycles. The lowest BCUT2D eigenvalue weighted by Gasteiger charge is -2.33. The molecule has 3 heterocycles. The van der Waals surface area contributed by atoms with Gasteiger partial charge in [0.2, 0.25) is 0 Å². The van der Waals surface area contributed by atoms with Crippen LogP contribution in [0.5, 0.6) is 0 Å². The molecule has 0 radical (unpaired) electrons. The number of fused-ring (bicyclic) bond motifs is 3. The van der Waals surface area contributed by atoms with Crippen molar-refractivity contribution in [3.63, 3.8) is 0 Å². The van der Waals surface area contributed by atoms with E-state index in [0.717, 1.165) is 46.8 Å². The van der Waals surface area contributed by atoms with Gasteiger partial charge in [-0.05, 0) is 48.1 Å². The van der Waals surface area contributed by atoms with Crippen molar-refractivity contribution in [2.45, 2.75) is 19.8 Å². The topological polar surface area (TPSA) is 51.0 Å². The molecule has 1 aromatic carbocycles. The average Bonchev–Trinajstić information content (AvgIpc) is 2.96. The Morgan fingerprint density at radius 2 is 1.96 bits per heavy atom. The molecule has 130 valence electrons. The van der Waals surface area contributed by atoms with Crippen LogP contribution in [0.15, 0.2) is 47.7 Å². The van der Waals surface area contributed by atoms with Crippen LogP contribution in [0.2, 0.25) is 0 Å². The number of rotatable bonds is 3. The van der Waals surface area contributed by atoms with Gasteiger partial charge in [-0.2, -0.15) is 0 Å². The Hall–Kier alpha value is -2.73. The van der Waals surface area contributed by atoms with Crippen molar-refractivity contribution in [3.8, 4) is 16.1 Å². The lowest BCUT2D eigenvalue weighted by molar-refractivity contribution is 0.620. The molecule has 0 spiro atoms. The molecule has 1 fully saturated rings. The molecule has 26 heavy (non-hydrogen) atoms. The Bertz CT molecular complexity index is 1120. The van der Waals surface area contributed by atoms with E-state index in [4.69, 9.17) is 4.98 Å². The van der Waals surface area contributed by atoms with E-state index in [1.54, 1.807) is 17.1 Å². The second kappa shape index (κ2) is 5.92. The van der Waals surface area contributed by atoms with Gasteiger partial charge in [-0.15, -0.1) is 0 Å². The maximum absolute atomic E-state index is 13.3. The summed E-state index contributed by atoms with van der Waals surface area (Å²) in [7, 11) is 0. The van der Waals surface area contributed by atoms with Gasteiger partial charge < -0.3 is 4.90 Å². The summed E-state index contributed by atoms with van der Waals surface area (Å²) in [6.45, 7) is 4.16. The van der Waals surface area contributed by atoms with Crippen molar-refractivity contribution in [1.82, 2.24) is 13.9 Å². The highest BCUT2D eigenvalue weighted by molar-refractivity contribution is 7.10. The molecule has 0 atom stereocenters. The SMILES string of the molecule is CCc1ccc(-n2cnc3c(N4CCC4)c4ccnsc-4c3c2=O)cc1. The van der Waals surface area contributed by atoms with E-state index in [1.165, 1.54) is 23.5 Å². The van der Waals surface area contributed by atoms with E-state index in [-0.39, 0.29) is 5.56 Å². The third kappa shape index (κ3) is 2.18. The normalized spacial score (nSPS) is 14.1. The Morgan fingerprint density at radius 3 is 2.65 bits per heavy atom. The van der Waals surface area contributed by atoms with Gasteiger partial charge in [0.1, 0.15) is 11.8 Å². The smallest absolute Gasteiger partial charge is 0.267 e. The number of nitrogens with zero attached hydrogens (tertiary/aromatic N) is 4. The standard InChI is InChI=1S/C20H18N4OS/c1-2-13-4-6-14(7-5-13)24-12-21-17-16(20(24)25)19-15(8-9-22-26-19)18(17)23-10-3-11-23/h4-9,12H,2-3,10-11H2,1H3. The molecular weight excluding hydrogens is 344 g/mol. The number of hydrogen-bond donors (Lipinski definition) is 0. The summed E-state index contributed by atoms with van der Waals surface area (Å²) in [6.07, 6.45) is 5.62. The lowest BCUT2D eigenvalue weighted by atomic mass is 10.1. The fourth-order valence-electron chi connectivity index (χ4n) is 3.58. The van der Waals surface area contributed by atoms with Gasteiger partial charge in [-0.1, -0.05) is 19.1 Å². The minimum atomic E-state index is -0.0275. The van der Waals surface area contributed by atoms with Crippen molar-refractivity contribution >= 4 is 28.1 Å². The Kier molecular flexibility index (Phi) is 3.53. The average molecular weight is 362 g/mol. The van der Waals surface area contributed by atoms with Crippen LogP contribution in [0.1, 0.15) is 18.9 Å². The first-order valence-corrected chi connectivity index (χ1v) is 9.67. The maximum Gasteiger partial charge on any atom is 0.267 e. The van der Waals surface area contributed by atoms with Crippen LogP contribution in [0, 0.1) is 0 Å². The lowest BCUT2D eigenvalue weighted by Crippen LogP contribution is -2.37. The third-order valence-electron chi connectivity index (χ3n) is 5.16. The van der Waals surface area contributed by atoms with Gasteiger partial charge in [0, 0.05) is 24.8 Å². The van der Waals surface area contributed by atoms with Gasteiger partial charge >= 0.3 is 0 Å². The molecule has 0 saturated carbocycles. The molecule has 0 unspecified atom stereocenters. The predicted octanol–water partition coefficient (Wildman–Crippen LogP) is 3.72. The Balaban J connectivity index is 1.77. The van der Waals surface area contributed by atoms with Gasteiger partial charge in [-0.25, -0.2) is 9.36 Å². The minimum absolute atomic E-state index is 0.0275. The fourth-order valence-corrected chi connectivity index (χ4v) is 4.35. The number of aryl methyl sites for hydroxylation is 1. The summed E-state index contributed by atoms with van der Waals surface area (Å²) in [6, 6.07) is 10.1. The molecule has 0 amide bonds. The molecule has 0 bridgehead atoms. The number of aromatic nitrogens is 3. The van der Waals surface area contributed by atoms with Crippen molar-refractivity contribution < 1.29 is 0 Å². The quantitative estimate of drug-likeness (QED) is 0.557. The molecule has 5 rings (SSSR count). The van der Waals surface area contributed by atoms with Crippen LogP contribution in [-0.2, 0) is 6.42 Å². The van der Waals surface area contributed by atoms with Gasteiger partial charge in [0.25, 0.3) is 5.56 Å². The van der Waals surface area contributed by atoms with Gasteiger partial charge in [-0.3, -0.25) is 9.36 Å². The van der Waals surface area contributed by atoms with Crippen LogP contribution in [0.4, 0.5) is 5.69 Å².